The molecule has 0 saturated carbocycles. The number of nitrogens with zero attached hydrogens (tertiary/aromatic N) is 5. The zero-order valence-electron chi connectivity index (χ0n) is 13.6. The highest BCUT2D eigenvalue weighted by Crippen LogP contribution is 2.37. The number of benzene rings is 2. The van der Waals surface area contributed by atoms with Gasteiger partial charge in [-0.25, -0.2) is 0 Å². The number of quaternary nitrogens is 1. The molecule has 4 rings (SSSR count). The SMILES string of the molecule is CN1N=C(c2ccccc2)[N+](C)(c2nccs2)N1c1ccccc1. The van der Waals surface area contributed by atoms with Crippen molar-refractivity contribution in [2.24, 2.45) is 5.10 Å². The standard InChI is InChI=1S/C18H18N5S/c1-21-20-17(15-9-5-3-6-10-15)23(2,18-19-13-14-24-18)22(21)16-11-7-4-8-12-16/h3-14H,1-2H3/q+1. The van der Waals surface area contributed by atoms with E-state index in [0.717, 1.165) is 22.2 Å². The highest BCUT2D eigenvalue weighted by atomic mass is 32.1. The molecule has 2 aromatic carbocycles. The number of anilines is 1. The molecule has 2 heterocycles. The van der Waals surface area contributed by atoms with Gasteiger partial charge >= 0.3 is 5.13 Å². The molecule has 1 aliphatic rings. The highest BCUT2D eigenvalue weighted by Gasteiger charge is 2.50. The third-order valence-electron chi connectivity index (χ3n) is 4.12. The summed E-state index contributed by atoms with van der Waals surface area (Å²) in [6, 6.07) is 20.5. The fourth-order valence-corrected chi connectivity index (χ4v) is 3.81. The van der Waals surface area contributed by atoms with Crippen molar-refractivity contribution in [3.8, 4) is 0 Å². The number of hydrogen-bond acceptors (Lipinski definition) is 5. The molecule has 0 saturated heterocycles. The molecule has 120 valence electrons. The Balaban J connectivity index is 1.91. The average Bonchev–Trinajstić information content (AvgIpc) is 3.24. The molecule has 0 aliphatic carbocycles. The Bertz CT molecular complexity index is 848. The van der Waals surface area contributed by atoms with Crippen LogP contribution in [0.4, 0.5) is 10.8 Å². The van der Waals surface area contributed by atoms with Crippen molar-refractivity contribution >= 4 is 28.0 Å². The van der Waals surface area contributed by atoms with Gasteiger partial charge in [-0.15, -0.1) is 0 Å². The molecule has 0 fully saturated rings. The van der Waals surface area contributed by atoms with E-state index in [1.165, 1.54) is 0 Å². The minimum Gasteiger partial charge on any atom is -0.191 e. The Morgan fingerprint density at radius 2 is 1.62 bits per heavy atom. The van der Waals surface area contributed by atoms with Crippen molar-refractivity contribution in [3.05, 3.63) is 77.8 Å². The number of thiazole rings is 1. The first kappa shape index (κ1) is 14.9. The zero-order valence-corrected chi connectivity index (χ0v) is 14.4. The summed E-state index contributed by atoms with van der Waals surface area (Å²) in [5.74, 6) is 0.942. The van der Waals surface area contributed by atoms with Crippen LogP contribution in [0.2, 0.25) is 0 Å². The van der Waals surface area contributed by atoms with Crippen molar-refractivity contribution in [1.82, 2.24) is 14.7 Å². The summed E-state index contributed by atoms with van der Waals surface area (Å²) < 4.78 is 0.377. The summed E-state index contributed by atoms with van der Waals surface area (Å²) in [6.45, 7) is 0. The Labute approximate surface area is 145 Å². The molecule has 1 aromatic heterocycles. The molecular formula is C18H18N5S+. The summed E-state index contributed by atoms with van der Waals surface area (Å²) in [7, 11) is 4.09. The fourth-order valence-electron chi connectivity index (χ4n) is 3.07. The van der Waals surface area contributed by atoms with E-state index in [9.17, 15) is 0 Å². The third-order valence-corrected chi connectivity index (χ3v) is 5.05. The van der Waals surface area contributed by atoms with Crippen LogP contribution in [-0.2, 0) is 0 Å². The summed E-state index contributed by atoms with van der Waals surface area (Å²) in [6.07, 6.45) is 1.84. The first-order chi connectivity index (χ1) is 11.7. The quantitative estimate of drug-likeness (QED) is 0.683. The average molecular weight is 336 g/mol. The summed E-state index contributed by atoms with van der Waals surface area (Å²) in [5, 5.41) is 11.8. The monoisotopic (exact) mass is 336 g/mol. The maximum Gasteiger partial charge on any atom is 0.319 e. The second kappa shape index (κ2) is 5.74. The van der Waals surface area contributed by atoms with E-state index >= 15 is 0 Å². The normalized spacial score (nSPS) is 20.3. The predicted molar refractivity (Wildman–Crippen MR) is 99.5 cm³/mol. The fraction of sp³-hybridized carbons (Fsp3) is 0.111. The van der Waals surface area contributed by atoms with Crippen molar-refractivity contribution < 1.29 is 0 Å². The molecule has 0 bridgehead atoms. The smallest absolute Gasteiger partial charge is 0.191 e. The largest absolute Gasteiger partial charge is 0.319 e. The van der Waals surface area contributed by atoms with Crippen molar-refractivity contribution in [2.45, 2.75) is 0 Å². The number of amidine groups is 1. The molecule has 1 aliphatic heterocycles. The van der Waals surface area contributed by atoms with Gasteiger partial charge in [-0.1, -0.05) is 62.5 Å². The molecule has 3 aromatic rings. The summed E-state index contributed by atoms with van der Waals surface area (Å²) in [4.78, 5) is 4.60. The van der Waals surface area contributed by atoms with Crippen LogP contribution in [0.3, 0.4) is 0 Å². The minimum atomic E-state index is 0.377. The molecule has 6 heteroatoms. The number of aromatic nitrogens is 1. The lowest BCUT2D eigenvalue weighted by atomic mass is 10.2. The second-order valence-corrected chi connectivity index (χ2v) is 6.55. The van der Waals surface area contributed by atoms with Gasteiger partial charge in [-0.2, -0.15) is 10.1 Å². The van der Waals surface area contributed by atoms with E-state index in [0.29, 0.717) is 4.59 Å². The molecule has 0 spiro atoms. The van der Waals surface area contributed by atoms with Crippen molar-refractivity contribution in [2.75, 3.05) is 19.2 Å². The van der Waals surface area contributed by atoms with Crippen LogP contribution < -0.4 is 9.71 Å². The number of hydrazine groups is 1. The van der Waals surface area contributed by atoms with Crippen LogP contribution >= 0.6 is 11.3 Å². The predicted octanol–water partition coefficient (Wildman–Crippen LogP) is 3.72. The van der Waals surface area contributed by atoms with E-state index in [1.54, 1.807) is 11.3 Å². The molecule has 24 heavy (non-hydrogen) atoms. The van der Waals surface area contributed by atoms with Gasteiger partial charge in [0.2, 0.25) is 0 Å². The molecule has 5 nitrogen and oxygen atoms in total. The highest BCUT2D eigenvalue weighted by molar-refractivity contribution is 7.13. The first-order valence-corrected chi connectivity index (χ1v) is 8.59. The molecule has 0 amide bonds. The van der Waals surface area contributed by atoms with E-state index < -0.39 is 0 Å². The van der Waals surface area contributed by atoms with Gasteiger partial charge < -0.3 is 0 Å². The van der Waals surface area contributed by atoms with Gasteiger partial charge in [0.05, 0.1) is 12.6 Å². The van der Waals surface area contributed by atoms with E-state index in [-0.39, 0.29) is 0 Å². The minimum absolute atomic E-state index is 0.377. The number of rotatable bonds is 3. The number of hydrazone groups is 1. The lowest BCUT2D eigenvalue weighted by Crippen LogP contribution is -2.62. The Hall–Kier alpha value is -2.70. The van der Waals surface area contributed by atoms with Gasteiger partial charge in [-0.05, 0) is 24.3 Å². The van der Waals surface area contributed by atoms with E-state index in [4.69, 9.17) is 5.10 Å². The molecule has 1 atom stereocenters. The Morgan fingerprint density at radius 1 is 0.958 bits per heavy atom. The van der Waals surface area contributed by atoms with Gasteiger partial charge in [0.15, 0.2) is 0 Å². The topological polar surface area (TPSA) is 31.7 Å². The van der Waals surface area contributed by atoms with Crippen molar-refractivity contribution in [3.63, 3.8) is 0 Å². The molecule has 0 radical (unpaired) electrons. The molecular weight excluding hydrogens is 318 g/mol. The third kappa shape index (κ3) is 2.19. The lowest BCUT2D eigenvalue weighted by molar-refractivity contribution is 0.252. The Morgan fingerprint density at radius 3 is 2.25 bits per heavy atom. The summed E-state index contributed by atoms with van der Waals surface area (Å²) >= 11 is 1.63. The lowest BCUT2D eigenvalue weighted by Gasteiger charge is -2.36. The second-order valence-electron chi connectivity index (χ2n) is 5.68. The molecule has 1 unspecified atom stereocenters. The van der Waals surface area contributed by atoms with Gasteiger partial charge in [0.25, 0.3) is 5.84 Å². The van der Waals surface area contributed by atoms with Crippen LogP contribution in [0.25, 0.3) is 0 Å². The number of para-hydroxylation sites is 1. The van der Waals surface area contributed by atoms with Crippen LogP contribution in [0.15, 0.2) is 77.3 Å². The van der Waals surface area contributed by atoms with Crippen LogP contribution in [0, 0.1) is 0 Å². The van der Waals surface area contributed by atoms with E-state index in [2.05, 4.69) is 41.4 Å². The first-order valence-electron chi connectivity index (χ1n) is 7.72. The molecule has 0 N–H and O–H groups in total. The summed E-state index contributed by atoms with van der Waals surface area (Å²) in [5.41, 5.74) is 2.15. The number of hydrogen-bond donors (Lipinski definition) is 0. The zero-order chi connectivity index (χ0) is 16.6. The van der Waals surface area contributed by atoms with Crippen LogP contribution in [0.5, 0.6) is 0 Å². The maximum absolute atomic E-state index is 4.84. The van der Waals surface area contributed by atoms with Gasteiger partial charge in [0, 0.05) is 11.6 Å². The van der Waals surface area contributed by atoms with Gasteiger partial charge in [0.1, 0.15) is 12.7 Å². The van der Waals surface area contributed by atoms with Crippen molar-refractivity contribution in [1.29, 1.82) is 0 Å². The Kier molecular flexibility index (Phi) is 3.55. The van der Waals surface area contributed by atoms with E-state index in [1.807, 2.05) is 60.1 Å². The van der Waals surface area contributed by atoms with Crippen LogP contribution in [0.1, 0.15) is 5.56 Å². The van der Waals surface area contributed by atoms with Gasteiger partial charge in [-0.3, -0.25) is 0 Å². The maximum atomic E-state index is 4.84. The van der Waals surface area contributed by atoms with Crippen LogP contribution in [-0.4, -0.2) is 30.0 Å².